The van der Waals surface area contributed by atoms with Gasteiger partial charge in [-0.1, -0.05) is 25.1 Å². The van der Waals surface area contributed by atoms with Crippen molar-refractivity contribution in [3.8, 4) is 0 Å². The molecule has 2 aromatic rings. The maximum atomic E-state index is 10.6. The van der Waals surface area contributed by atoms with E-state index in [1.807, 2.05) is 37.3 Å². The molecule has 0 saturated carbocycles. The number of fused-ring (bicyclic) bond motifs is 1. The van der Waals surface area contributed by atoms with Gasteiger partial charge in [-0.3, -0.25) is 9.69 Å². The fraction of sp³-hybridized carbons (Fsp3) is 0.357. The molecule has 0 aliphatic rings. The molecule has 0 aliphatic heterocycles. The smallest absolute Gasteiger partial charge is 0.304 e. The molecule has 2 rings (SSSR count). The van der Waals surface area contributed by atoms with E-state index < -0.39 is 5.97 Å². The van der Waals surface area contributed by atoms with Crippen molar-refractivity contribution in [1.29, 1.82) is 0 Å². The summed E-state index contributed by atoms with van der Waals surface area (Å²) in [6.07, 6.45) is 0.161. The minimum absolute atomic E-state index is 0.161. The third-order valence-corrected chi connectivity index (χ3v) is 2.95. The van der Waals surface area contributed by atoms with Crippen molar-refractivity contribution in [1.82, 2.24) is 4.90 Å². The molecule has 0 atom stereocenters. The number of rotatable bonds is 6. The number of hydrogen-bond donors (Lipinski definition) is 1. The lowest BCUT2D eigenvalue weighted by Gasteiger charge is -2.17. The van der Waals surface area contributed by atoms with Crippen LogP contribution in [0.15, 0.2) is 34.7 Å². The quantitative estimate of drug-likeness (QED) is 0.852. The van der Waals surface area contributed by atoms with Crippen LogP contribution in [0.25, 0.3) is 11.0 Å². The number of hydrogen-bond acceptors (Lipinski definition) is 3. The van der Waals surface area contributed by atoms with E-state index in [4.69, 9.17) is 9.52 Å². The number of carboxylic acid groups (broad SMARTS) is 1. The normalized spacial score (nSPS) is 11.2. The van der Waals surface area contributed by atoms with Crippen LogP contribution in [0, 0.1) is 0 Å². The largest absolute Gasteiger partial charge is 0.481 e. The Hall–Kier alpha value is -1.81. The Labute approximate surface area is 106 Å². The molecule has 0 amide bonds. The summed E-state index contributed by atoms with van der Waals surface area (Å²) in [6, 6.07) is 9.88. The molecule has 0 saturated heterocycles. The molecule has 1 aromatic heterocycles. The van der Waals surface area contributed by atoms with Gasteiger partial charge in [0.1, 0.15) is 11.3 Å². The SMILES string of the molecule is CCN(CCC(=O)O)Cc1cc2ccccc2o1. The molecule has 4 heteroatoms. The Morgan fingerprint density at radius 1 is 1.39 bits per heavy atom. The molecule has 4 nitrogen and oxygen atoms in total. The van der Waals surface area contributed by atoms with Crippen LogP contribution in [0.3, 0.4) is 0 Å². The van der Waals surface area contributed by atoms with Crippen LogP contribution in [-0.4, -0.2) is 29.1 Å². The van der Waals surface area contributed by atoms with Crippen LogP contribution in [0.4, 0.5) is 0 Å². The van der Waals surface area contributed by atoms with E-state index in [9.17, 15) is 4.79 Å². The van der Waals surface area contributed by atoms with Crippen molar-refractivity contribution in [2.45, 2.75) is 19.9 Å². The van der Waals surface area contributed by atoms with Crippen molar-refractivity contribution in [3.05, 3.63) is 36.1 Å². The zero-order valence-corrected chi connectivity index (χ0v) is 10.4. The van der Waals surface area contributed by atoms with Crippen LogP contribution in [0.5, 0.6) is 0 Å². The summed E-state index contributed by atoms with van der Waals surface area (Å²) in [4.78, 5) is 12.6. The summed E-state index contributed by atoms with van der Waals surface area (Å²) in [7, 11) is 0. The van der Waals surface area contributed by atoms with Gasteiger partial charge >= 0.3 is 5.97 Å². The van der Waals surface area contributed by atoms with Crippen LogP contribution in [0.1, 0.15) is 19.1 Å². The Bertz CT molecular complexity index is 500. The number of nitrogens with zero attached hydrogens (tertiary/aromatic N) is 1. The monoisotopic (exact) mass is 247 g/mol. The van der Waals surface area contributed by atoms with Crippen LogP contribution < -0.4 is 0 Å². The molecule has 1 N–H and O–H groups in total. The highest BCUT2D eigenvalue weighted by Gasteiger charge is 2.09. The summed E-state index contributed by atoms with van der Waals surface area (Å²) in [5, 5.41) is 9.77. The van der Waals surface area contributed by atoms with Gasteiger partial charge in [0.15, 0.2) is 0 Å². The van der Waals surface area contributed by atoms with Gasteiger partial charge in [0.25, 0.3) is 0 Å². The van der Waals surface area contributed by atoms with Gasteiger partial charge in [-0.25, -0.2) is 0 Å². The fourth-order valence-electron chi connectivity index (χ4n) is 1.94. The van der Waals surface area contributed by atoms with Crippen molar-refractivity contribution in [3.63, 3.8) is 0 Å². The Kier molecular flexibility index (Phi) is 3.99. The lowest BCUT2D eigenvalue weighted by Crippen LogP contribution is -2.25. The molecule has 1 heterocycles. The van der Waals surface area contributed by atoms with E-state index in [-0.39, 0.29) is 6.42 Å². The molecule has 96 valence electrons. The topological polar surface area (TPSA) is 53.7 Å². The number of carboxylic acids is 1. The first-order valence-corrected chi connectivity index (χ1v) is 6.10. The molecule has 18 heavy (non-hydrogen) atoms. The van der Waals surface area contributed by atoms with Crippen LogP contribution >= 0.6 is 0 Å². The molecular weight excluding hydrogens is 230 g/mol. The van der Waals surface area contributed by atoms with Crippen LogP contribution in [0.2, 0.25) is 0 Å². The van der Waals surface area contributed by atoms with Crippen LogP contribution in [-0.2, 0) is 11.3 Å². The first-order chi connectivity index (χ1) is 8.69. The summed E-state index contributed by atoms with van der Waals surface area (Å²) in [6.45, 7) is 4.02. The second kappa shape index (κ2) is 5.69. The molecule has 0 fully saturated rings. The van der Waals surface area contributed by atoms with E-state index in [1.165, 1.54) is 0 Å². The first kappa shape index (κ1) is 12.6. The number of para-hydroxylation sites is 1. The van der Waals surface area contributed by atoms with E-state index in [1.54, 1.807) is 0 Å². The lowest BCUT2D eigenvalue weighted by atomic mass is 10.2. The molecule has 0 unspecified atom stereocenters. The van der Waals surface area contributed by atoms with E-state index in [2.05, 4.69) is 4.90 Å². The van der Waals surface area contributed by atoms with E-state index in [0.29, 0.717) is 13.1 Å². The minimum atomic E-state index is -0.766. The van der Waals surface area contributed by atoms with Gasteiger partial charge in [0, 0.05) is 11.9 Å². The number of benzene rings is 1. The average molecular weight is 247 g/mol. The molecule has 0 spiro atoms. The third-order valence-electron chi connectivity index (χ3n) is 2.95. The highest BCUT2D eigenvalue weighted by Crippen LogP contribution is 2.19. The molecule has 0 radical (unpaired) electrons. The average Bonchev–Trinajstić information content (AvgIpc) is 2.76. The van der Waals surface area contributed by atoms with Crippen molar-refractivity contribution >= 4 is 16.9 Å². The summed E-state index contributed by atoms with van der Waals surface area (Å²) in [5.74, 6) is 0.112. The number of aliphatic carboxylic acids is 1. The second-order valence-electron chi connectivity index (χ2n) is 4.26. The highest BCUT2D eigenvalue weighted by atomic mass is 16.4. The maximum absolute atomic E-state index is 10.6. The third kappa shape index (κ3) is 3.11. The molecule has 0 aliphatic carbocycles. The molecule has 1 aromatic carbocycles. The van der Waals surface area contributed by atoms with E-state index >= 15 is 0 Å². The summed E-state index contributed by atoms with van der Waals surface area (Å²) in [5.41, 5.74) is 0.877. The van der Waals surface area contributed by atoms with Gasteiger partial charge in [-0.15, -0.1) is 0 Å². The lowest BCUT2D eigenvalue weighted by molar-refractivity contribution is -0.137. The van der Waals surface area contributed by atoms with Crippen molar-refractivity contribution in [2.75, 3.05) is 13.1 Å². The molecule has 0 bridgehead atoms. The Balaban J connectivity index is 2.04. The molecular formula is C14H17NO3. The Morgan fingerprint density at radius 2 is 2.17 bits per heavy atom. The maximum Gasteiger partial charge on any atom is 0.304 e. The zero-order chi connectivity index (χ0) is 13.0. The predicted octanol–water partition coefficient (Wildman–Crippen LogP) is 2.73. The van der Waals surface area contributed by atoms with Gasteiger partial charge in [-0.05, 0) is 18.7 Å². The van der Waals surface area contributed by atoms with Crippen molar-refractivity contribution in [2.24, 2.45) is 0 Å². The summed E-state index contributed by atoms with van der Waals surface area (Å²) < 4.78 is 5.72. The van der Waals surface area contributed by atoms with Gasteiger partial charge in [-0.2, -0.15) is 0 Å². The number of furan rings is 1. The minimum Gasteiger partial charge on any atom is -0.481 e. The zero-order valence-electron chi connectivity index (χ0n) is 10.4. The second-order valence-corrected chi connectivity index (χ2v) is 4.26. The van der Waals surface area contributed by atoms with Crippen molar-refractivity contribution < 1.29 is 14.3 Å². The predicted molar refractivity (Wildman–Crippen MR) is 69.4 cm³/mol. The van der Waals surface area contributed by atoms with E-state index in [0.717, 1.165) is 23.3 Å². The highest BCUT2D eigenvalue weighted by molar-refractivity contribution is 5.77. The standard InChI is InChI=1S/C14H17NO3/c1-2-15(8-7-14(16)17)10-12-9-11-5-3-4-6-13(11)18-12/h3-6,9H,2,7-8,10H2,1H3,(H,16,17). The summed E-state index contributed by atoms with van der Waals surface area (Å²) >= 11 is 0. The van der Waals surface area contributed by atoms with Gasteiger partial charge in [0.2, 0.25) is 0 Å². The first-order valence-electron chi connectivity index (χ1n) is 6.10. The van der Waals surface area contributed by atoms with Gasteiger partial charge < -0.3 is 9.52 Å². The number of carbonyl (C=O) groups is 1. The fourth-order valence-corrected chi connectivity index (χ4v) is 1.94. The Morgan fingerprint density at radius 3 is 2.83 bits per heavy atom. The van der Waals surface area contributed by atoms with Gasteiger partial charge in [0.05, 0.1) is 13.0 Å².